The highest BCUT2D eigenvalue weighted by atomic mass is 32.2. The molecule has 0 spiro atoms. The Labute approximate surface area is 257 Å². The number of hydrogen-bond acceptors (Lipinski definition) is 10. The number of para-hydroxylation sites is 2. The zero-order valence-electron chi connectivity index (χ0n) is 24.6. The van der Waals surface area contributed by atoms with Crippen molar-refractivity contribution in [1.82, 2.24) is 0 Å². The van der Waals surface area contributed by atoms with Crippen LogP contribution in [0.15, 0.2) is 118 Å². The number of esters is 2. The number of allylic oxidation sites excluding steroid dienone is 1. The van der Waals surface area contributed by atoms with Crippen molar-refractivity contribution in [2.45, 2.75) is 46.6 Å². The largest absolute Gasteiger partial charge is 0.461 e. The number of benzene rings is 3. The molecule has 0 radical (unpaired) electrons. The number of ether oxygens (including phenoxy) is 3. The maximum absolute atomic E-state index is 14.1. The summed E-state index contributed by atoms with van der Waals surface area (Å²) in [4.78, 5) is 26.7. The predicted molar refractivity (Wildman–Crippen MR) is 163 cm³/mol. The van der Waals surface area contributed by atoms with Crippen molar-refractivity contribution in [2.24, 2.45) is 0 Å². The lowest BCUT2D eigenvalue weighted by Gasteiger charge is -2.27. The van der Waals surface area contributed by atoms with Crippen LogP contribution in [0, 0.1) is 0 Å². The highest BCUT2D eigenvalue weighted by Crippen LogP contribution is 2.40. The molecule has 4 rings (SSSR count). The molecule has 0 bridgehead atoms. The zero-order valence-corrected chi connectivity index (χ0v) is 26.2. The van der Waals surface area contributed by atoms with Gasteiger partial charge < -0.3 is 19.1 Å². The van der Waals surface area contributed by atoms with E-state index >= 15 is 0 Å². The van der Waals surface area contributed by atoms with E-state index in [1.807, 2.05) is 30.0 Å². The summed E-state index contributed by atoms with van der Waals surface area (Å²) in [6.45, 7) is 7.90. The Morgan fingerprint density at radius 3 is 2.07 bits per heavy atom. The number of fused-ring (bicyclic) bond motifs is 1. The summed E-state index contributed by atoms with van der Waals surface area (Å²) in [6, 6.07) is 19.7. The molecule has 1 aliphatic heterocycles. The molecule has 12 heteroatoms. The van der Waals surface area contributed by atoms with Gasteiger partial charge in [-0.15, -0.1) is 0 Å². The number of carbonyl (C=O) groups excluding carboxylic acids is 2. The molecule has 3 aromatic rings. The maximum Gasteiger partial charge on any atom is 0.333 e. The molecule has 0 aliphatic carbocycles. The molecule has 3 aromatic carbocycles. The fourth-order valence-electron chi connectivity index (χ4n) is 4.45. The minimum absolute atomic E-state index is 0.0565. The zero-order chi connectivity index (χ0) is 32.1. The van der Waals surface area contributed by atoms with Crippen molar-refractivity contribution < 1.29 is 40.6 Å². The molecule has 0 fully saturated rings. The molecule has 0 aromatic heterocycles. The van der Waals surface area contributed by atoms with Gasteiger partial charge in [-0.05, 0) is 75.4 Å². The van der Waals surface area contributed by atoms with E-state index in [0.717, 1.165) is 17.8 Å². The third-order valence-electron chi connectivity index (χ3n) is 7.04. The molecule has 10 nitrogen and oxygen atoms in total. The quantitative estimate of drug-likeness (QED) is 0.154. The van der Waals surface area contributed by atoms with Crippen LogP contribution in [0.2, 0.25) is 0 Å². The van der Waals surface area contributed by atoms with Gasteiger partial charge in [-0.2, -0.15) is 0 Å². The highest BCUT2D eigenvalue weighted by molar-refractivity contribution is 7.93. The van der Waals surface area contributed by atoms with Crippen LogP contribution >= 0.6 is 0 Å². The van der Waals surface area contributed by atoms with Gasteiger partial charge in [-0.25, -0.2) is 21.6 Å². The van der Waals surface area contributed by atoms with Crippen molar-refractivity contribution >= 4 is 37.3 Å². The molecule has 1 unspecified atom stereocenters. The predicted octanol–water partition coefficient (Wildman–Crippen LogP) is 4.86. The van der Waals surface area contributed by atoms with E-state index in [9.17, 15) is 26.4 Å². The molecule has 0 saturated carbocycles. The molecule has 1 heterocycles. The fraction of sp³-hybridized carbons (Fsp3) is 0.250. The third-order valence-corrected chi connectivity index (χ3v) is 11.2. The van der Waals surface area contributed by atoms with Crippen LogP contribution < -0.4 is 9.64 Å². The molecule has 44 heavy (non-hydrogen) atoms. The van der Waals surface area contributed by atoms with E-state index < -0.39 is 43.0 Å². The summed E-state index contributed by atoms with van der Waals surface area (Å²) in [5.74, 6) is -0.825. The molecule has 0 saturated heterocycles. The standard InChI is InChI=1S/C32H33NO9S2/c1-5-33-27-13-9-10-14-28(27)42-29(33)19-20-32(4,31(35)41-22-21-40-30(34)23(2)3)44(38,39)26-17-15-25(16-18-26)43(36,37)24-11-7-6-8-12-24/h6-19H,2,5,20-22H2,1,3-4H3/b29-19-. The number of carbonyl (C=O) groups is 2. The average Bonchev–Trinajstić information content (AvgIpc) is 3.39. The number of anilines is 1. The molecule has 0 amide bonds. The Kier molecular flexibility index (Phi) is 9.65. The SMILES string of the molecule is C=C(C)C(=O)OCCOC(=O)C(C)(C/C=C1\Oc2ccccc2N1CC)S(=O)(=O)c1ccc(S(=O)(=O)c2ccccc2)cc1. The van der Waals surface area contributed by atoms with Crippen LogP contribution in [0.5, 0.6) is 5.75 Å². The normalized spacial score (nSPS) is 15.2. The Morgan fingerprint density at radius 2 is 1.43 bits per heavy atom. The van der Waals surface area contributed by atoms with Gasteiger partial charge in [0.25, 0.3) is 0 Å². The van der Waals surface area contributed by atoms with Crippen LogP contribution in [-0.4, -0.2) is 53.3 Å². The summed E-state index contributed by atoms with van der Waals surface area (Å²) in [6.07, 6.45) is 1.17. The summed E-state index contributed by atoms with van der Waals surface area (Å²) in [5.41, 5.74) is 0.953. The summed E-state index contributed by atoms with van der Waals surface area (Å²) in [5, 5.41) is 0. The van der Waals surface area contributed by atoms with Crippen LogP contribution in [0.4, 0.5) is 5.69 Å². The van der Waals surface area contributed by atoms with Crippen LogP contribution in [0.3, 0.4) is 0 Å². The molecule has 1 atom stereocenters. The van der Waals surface area contributed by atoms with Crippen molar-refractivity contribution in [3.63, 3.8) is 0 Å². The fourth-order valence-corrected chi connectivity index (χ4v) is 7.33. The minimum atomic E-state index is -4.49. The Bertz CT molecular complexity index is 1800. The van der Waals surface area contributed by atoms with Crippen LogP contribution in [0.25, 0.3) is 0 Å². The van der Waals surface area contributed by atoms with Crippen molar-refractivity contribution in [3.05, 3.63) is 103 Å². The van der Waals surface area contributed by atoms with E-state index in [0.29, 0.717) is 18.2 Å². The first-order valence-corrected chi connectivity index (χ1v) is 16.7. The maximum atomic E-state index is 14.1. The summed E-state index contributed by atoms with van der Waals surface area (Å²) >= 11 is 0. The van der Waals surface area contributed by atoms with Gasteiger partial charge in [0, 0.05) is 18.5 Å². The molecule has 0 N–H and O–H groups in total. The van der Waals surface area contributed by atoms with Gasteiger partial charge in [-0.1, -0.05) is 36.9 Å². The van der Waals surface area contributed by atoms with Crippen LogP contribution in [0.1, 0.15) is 27.2 Å². The van der Waals surface area contributed by atoms with E-state index in [4.69, 9.17) is 14.2 Å². The van der Waals surface area contributed by atoms with Crippen molar-refractivity contribution in [3.8, 4) is 5.75 Å². The highest BCUT2D eigenvalue weighted by Gasteiger charge is 2.48. The van der Waals surface area contributed by atoms with Gasteiger partial charge in [0.2, 0.25) is 9.84 Å². The Balaban J connectivity index is 1.66. The van der Waals surface area contributed by atoms with E-state index in [1.165, 1.54) is 44.2 Å². The summed E-state index contributed by atoms with van der Waals surface area (Å²) < 4.78 is 68.3. The van der Waals surface area contributed by atoms with Gasteiger partial charge in [-0.3, -0.25) is 4.79 Å². The van der Waals surface area contributed by atoms with E-state index in [2.05, 4.69) is 6.58 Å². The second-order valence-corrected chi connectivity index (χ2v) is 14.5. The minimum Gasteiger partial charge on any atom is -0.461 e. The van der Waals surface area contributed by atoms with Gasteiger partial charge in [0.05, 0.1) is 20.4 Å². The summed E-state index contributed by atoms with van der Waals surface area (Å²) in [7, 11) is -8.39. The number of rotatable bonds is 12. The lowest BCUT2D eigenvalue weighted by molar-refractivity contribution is -0.151. The van der Waals surface area contributed by atoms with Gasteiger partial charge in [0.1, 0.15) is 13.2 Å². The number of nitrogens with zero attached hydrogens (tertiary/aromatic N) is 1. The van der Waals surface area contributed by atoms with Gasteiger partial charge >= 0.3 is 11.9 Å². The lowest BCUT2D eigenvalue weighted by atomic mass is 10.1. The van der Waals surface area contributed by atoms with Gasteiger partial charge in [0.15, 0.2) is 26.2 Å². The Hall–Kier alpha value is -4.42. The number of sulfone groups is 2. The topological polar surface area (TPSA) is 133 Å². The lowest BCUT2D eigenvalue weighted by Crippen LogP contribution is -2.45. The van der Waals surface area contributed by atoms with Crippen molar-refractivity contribution in [2.75, 3.05) is 24.7 Å². The average molecular weight is 640 g/mol. The molecular weight excluding hydrogens is 606 g/mol. The van der Waals surface area contributed by atoms with Crippen molar-refractivity contribution in [1.29, 1.82) is 0 Å². The second kappa shape index (κ2) is 13.1. The van der Waals surface area contributed by atoms with E-state index in [-0.39, 0.29) is 33.3 Å². The first kappa shape index (κ1) is 32.5. The monoisotopic (exact) mass is 639 g/mol. The van der Waals surface area contributed by atoms with E-state index in [1.54, 1.807) is 24.3 Å². The van der Waals surface area contributed by atoms with Crippen LogP contribution in [-0.2, 0) is 38.7 Å². The number of hydrogen-bond donors (Lipinski definition) is 0. The third kappa shape index (κ3) is 6.41. The molecule has 1 aliphatic rings. The smallest absolute Gasteiger partial charge is 0.333 e. The first-order valence-electron chi connectivity index (χ1n) is 13.7. The second-order valence-electron chi connectivity index (χ2n) is 10.1. The molecular formula is C32H33NO9S2. The Morgan fingerprint density at radius 1 is 0.864 bits per heavy atom. The molecule has 232 valence electrons. The first-order chi connectivity index (χ1) is 20.8.